The fraction of sp³-hybridized carbons (Fsp3) is 0.500. The number of halogens is 1. The molecule has 1 aromatic rings. The van der Waals surface area contributed by atoms with E-state index < -0.39 is 0 Å². The molecule has 0 unspecified atom stereocenters. The molecule has 0 aromatic carbocycles. The first kappa shape index (κ1) is 10.3. The van der Waals surface area contributed by atoms with Gasteiger partial charge in [-0.2, -0.15) is 0 Å². The van der Waals surface area contributed by atoms with Crippen LogP contribution in [0.4, 0.5) is 5.82 Å². The van der Waals surface area contributed by atoms with Gasteiger partial charge in [-0.25, -0.2) is 4.98 Å². The number of hydrogen-bond donors (Lipinski definition) is 0. The Morgan fingerprint density at radius 2 is 2.00 bits per heavy atom. The highest BCUT2D eigenvalue weighted by atomic mass is 35.5. The van der Waals surface area contributed by atoms with Gasteiger partial charge in [-0.05, 0) is 17.5 Å². The molecule has 0 saturated carbocycles. The second-order valence-electron chi connectivity index (χ2n) is 3.62. The van der Waals surface area contributed by atoms with Gasteiger partial charge in [0.2, 0.25) is 0 Å². The maximum absolute atomic E-state index is 6.06. The fourth-order valence-electron chi connectivity index (χ4n) is 1.09. The van der Waals surface area contributed by atoms with Crippen molar-refractivity contribution in [3.63, 3.8) is 0 Å². The first-order valence-electron chi connectivity index (χ1n) is 4.35. The molecule has 13 heavy (non-hydrogen) atoms. The summed E-state index contributed by atoms with van der Waals surface area (Å²) >= 11 is 6.06. The molecule has 0 N–H and O–H groups in total. The Morgan fingerprint density at radius 3 is 2.38 bits per heavy atom. The van der Waals surface area contributed by atoms with E-state index in [1.54, 1.807) is 0 Å². The van der Waals surface area contributed by atoms with Crippen molar-refractivity contribution < 1.29 is 0 Å². The molecule has 0 aliphatic heterocycles. The summed E-state index contributed by atoms with van der Waals surface area (Å²) < 4.78 is 0. The molecule has 1 aromatic heterocycles. The highest BCUT2D eigenvalue weighted by molar-refractivity contribution is 6.33. The van der Waals surface area contributed by atoms with Crippen LogP contribution in [0.1, 0.15) is 25.3 Å². The molecular weight excluding hydrogens is 184 g/mol. The van der Waals surface area contributed by atoms with Crippen molar-refractivity contribution in [2.45, 2.75) is 19.8 Å². The van der Waals surface area contributed by atoms with Crippen LogP contribution in [0.3, 0.4) is 0 Å². The van der Waals surface area contributed by atoms with Crippen molar-refractivity contribution >= 4 is 17.4 Å². The number of aromatic nitrogens is 1. The third kappa shape index (κ3) is 2.34. The predicted molar refractivity (Wildman–Crippen MR) is 57.7 cm³/mol. The molecule has 0 aliphatic rings. The van der Waals surface area contributed by atoms with Crippen LogP contribution in [-0.4, -0.2) is 19.1 Å². The number of hydrogen-bond acceptors (Lipinski definition) is 2. The highest BCUT2D eigenvalue weighted by Gasteiger charge is 2.06. The number of rotatable bonds is 2. The summed E-state index contributed by atoms with van der Waals surface area (Å²) in [6.45, 7) is 4.26. The molecule has 0 aliphatic carbocycles. The number of pyridine rings is 1. The zero-order chi connectivity index (χ0) is 10.0. The van der Waals surface area contributed by atoms with Gasteiger partial charge in [0.25, 0.3) is 0 Å². The summed E-state index contributed by atoms with van der Waals surface area (Å²) in [6.07, 6.45) is 1.88. The van der Waals surface area contributed by atoms with E-state index in [2.05, 4.69) is 18.8 Å². The molecule has 0 spiro atoms. The minimum atomic E-state index is 0.473. The van der Waals surface area contributed by atoms with Crippen LogP contribution in [0.25, 0.3) is 0 Å². The van der Waals surface area contributed by atoms with Crippen molar-refractivity contribution in [2.24, 2.45) is 0 Å². The van der Waals surface area contributed by atoms with Crippen LogP contribution in [0.2, 0.25) is 5.02 Å². The number of anilines is 1. The zero-order valence-corrected chi connectivity index (χ0v) is 9.26. The molecule has 0 atom stereocenters. The monoisotopic (exact) mass is 198 g/mol. The van der Waals surface area contributed by atoms with Crippen molar-refractivity contribution in [2.75, 3.05) is 19.0 Å². The quantitative estimate of drug-likeness (QED) is 0.727. The summed E-state index contributed by atoms with van der Waals surface area (Å²) in [5.41, 5.74) is 1.18. The van der Waals surface area contributed by atoms with Crippen LogP contribution in [0.15, 0.2) is 12.3 Å². The molecule has 1 heterocycles. The topological polar surface area (TPSA) is 16.1 Å². The van der Waals surface area contributed by atoms with Gasteiger partial charge in [0.1, 0.15) is 5.82 Å². The Kier molecular flexibility index (Phi) is 3.15. The summed E-state index contributed by atoms with van der Waals surface area (Å²) in [7, 11) is 3.87. The first-order chi connectivity index (χ1) is 6.02. The third-order valence-electron chi connectivity index (χ3n) is 1.93. The Morgan fingerprint density at radius 1 is 1.38 bits per heavy atom. The van der Waals surface area contributed by atoms with Crippen LogP contribution >= 0.6 is 11.6 Å². The second kappa shape index (κ2) is 3.97. The molecule has 2 nitrogen and oxygen atoms in total. The minimum absolute atomic E-state index is 0.473. The van der Waals surface area contributed by atoms with Crippen molar-refractivity contribution in [3.8, 4) is 0 Å². The average molecular weight is 199 g/mol. The van der Waals surface area contributed by atoms with E-state index >= 15 is 0 Å². The third-order valence-corrected chi connectivity index (χ3v) is 2.21. The Bertz CT molecular complexity index is 295. The molecule has 0 amide bonds. The predicted octanol–water partition coefficient (Wildman–Crippen LogP) is 2.92. The standard InChI is InChI=1S/C10H15ClN2/c1-7(2)8-5-9(11)10(12-6-8)13(3)4/h5-7H,1-4H3. The van der Waals surface area contributed by atoms with Crippen molar-refractivity contribution in [3.05, 3.63) is 22.8 Å². The zero-order valence-electron chi connectivity index (χ0n) is 8.50. The molecule has 0 radical (unpaired) electrons. The lowest BCUT2D eigenvalue weighted by Crippen LogP contribution is -2.11. The molecule has 72 valence electrons. The second-order valence-corrected chi connectivity index (χ2v) is 4.03. The van der Waals surface area contributed by atoms with Crippen molar-refractivity contribution in [1.82, 2.24) is 4.98 Å². The van der Waals surface area contributed by atoms with Gasteiger partial charge in [0, 0.05) is 20.3 Å². The van der Waals surface area contributed by atoms with E-state index in [9.17, 15) is 0 Å². The maximum Gasteiger partial charge on any atom is 0.146 e. The maximum atomic E-state index is 6.06. The smallest absolute Gasteiger partial charge is 0.146 e. The summed E-state index contributed by atoms with van der Waals surface area (Å²) in [4.78, 5) is 6.20. The van der Waals surface area contributed by atoms with E-state index in [-0.39, 0.29) is 0 Å². The van der Waals surface area contributed by atoms with E-state index in [0.29, 0.717) is 5.92 Å². The summed E-state index contributed by atoms with van der Waals surface area (Å²) in [6, 6.07) is 1.98. The normalized spacial score (nSPS) is 10.6. The molecular formula is C10H15ClN2. The Hall–Kier alpha value is -0.760. The van der Waals surface area contributed by atoms with Gasteiger partial charge in [-0.1, -0.05) is 25.4 Å². The van der Waals surface area contributed by atoms with Gasteiger partial charge in [0.15, 0.2) is 0 Å². The van der Waals surface area contributed by atoms with Gasteiger partial charge in [0.05, 0.1) is 5.02 Å². The van der Waals surface area contributed by atoms with E-state index in [1.165, 1.54) is 5.56 Å². The molecule has 0 saturated heterocycles. The fourth-order valence-corrected chi connectivity index (χ4v) is 1.43. The molecule has 0 fully saturated rings. The number of nitrogens with zero attached hydrogens (tertiary/aromatic N) is 2. The van der Waals surface area contributed by atoms with Gasteiger partial charge >= 0.3 is 0 Å². The lowest BCUT2D eigenvalue weighted by Gasteiger charge is -2.14. The van der Waals surface area contributed by atoms with Crippen molar-refractivity contribution in [1.29, 1.82) is 0 Å². The van der Waals surface area contributed by atoms with E-state index in [0.717, 1.165) is 10.8 Å². The van der Waals surface area contributed by atoms with Crippen LogP contribution in [0.5, 0.6) is 0 Å². The van der Waals surface area contributed by atoms with Gasteiger partial charge < -0.3 is 4.90 Å². The van der Waals surface area contributed by atoms with Gasteiger partial charge in [-0.3, -0.25) is 0 Å². The molecule has 0 bridgehead atoms. The summed E-state index contributed by atoms with van der Waals surface area (Å²) in [5, 5.41) is 0.719. The molecule has 1 rings (SSSR count). The Balaban J connectivity index is 3.06. The average Bonchev–Trinajstić information content (AvgIpc) is 2.03. The van der Waals surface area contributed by atoms with Crippen LogP contribution in [0, 0.1) is 0 Å². The molecule has 3 heteroatoms. The summed E-state index contributed by atoms with van der Waals surface area (Å²) in [5.74, 6) is 1.30. The van der Waals surface area contributed by atoms with E-state index in [4.69, 9.17) is 11.6 Å². The van der Waals surface area contributed by atoms with Gasteiger partial charge in [-0.15, -0.1) is 0 Å². The first-order valence-corrected chi connectivity index (χ1v) is 4.73. The van der Waals surface area contributed by atoms with Crippen LogP contribution in [-0.2, 0) is 0 Å². The SMILES string of the molecule is CC(C)c1cnc(N(C)C)c(Cl)c1. The lowest BCUT2D eigenvalue weighted by molar-refractivity contribution is 0.856. The lowest BCUT2D eigenvalue weighted by atomic mass is 10.1. The largest absolute Gasteiger partial charge is 0.362 e. The van der Waals surface area contributed by atoms with E-state index in [1.807, 2.05) is 31.3 Å². The highest BCUT2D eigenvalue weighted by Crippen LogP contribution is 2.25. The Labute approximate surface area is 84.5 Å². The van der Waals surface area contributed by atoms with Crippen LogP contribution < -0.4 is 4.90 Å². The minimum Gasteiger partial charge on any atom is -0.362 e.